The highest BCUT2D eigenvalue weighted by Crippen LogP contribution is 2.52. The van der Waals surface area contributed by atoms with Crippen LogP contribution in [-0.2, 0) is 9.59 Å². The largest absolute Gasteiger partial charge is 0.481 e. The number of hydrogen-bond acceptors (Lipinski definition) is 2. The SMILES string of the molecule is CCCCCCCCC1(C(=O)O)CC=CCC1(C)C(=O)O. The van der Waals surface area contributed by atoms with Crippen LogP contribution in [0.15, 0.2) is 12.2 Å². The van der Waals surface area contributed by atoms with Crippen LogP contribution in [0.25, 0.3) is 0 Å². The van der Waals surface area contributed by atoms with E-state index in [1.54, 1.807) is 13.0 Å². The maximum Gasteiger partial charge on any atom is 0.311 e. The highest BCUT2D eigenvalue weighted by Gasteiger charge is 2.57. The first-order valence-electron chi connectivity index (χ1n) is 8.02. The third kappa shape index (κ3) is 3.66. The van der Waals surface area contributed by atoms with Gasteiger partial charge >= 0.3 is 11.9 Å². The Morgan fingerprint density at radius 2 is 1.52 bits per heavy atom. The number of carbonyl (C=O) groups is 2. The molecule has 0 aromatic rings. The highest BCUT2D eigenvalue weighted by molar-refractivity contribution is 5.87. The number of hydrogen-bond donors (Lipinski definition) is 2. The summed E-state index contributed by atoms with van der Waals surface area (Å²) in [5, 5.41) is 19.3. The van der Waals surface area contributed by atoms with Crippen molar-refractivity contribution in [3.05, 3.63) is 12.2 Å². The number of unbranched alkanes of at least 4 members (excludes halogenated alkanes) is 5. The van der Waals surface area contributed by atoms with Crippen LogP contribution in [0.4, 0.5) is 0 Å². The lowest BCUT2D eigenvalue weighted by Gasteiger charge is -2.44. The van der Waals surface area contributed by atoms with E-state index in [-0.39, 0.29) is 0 Å². The molecule has 0 amide bonds. The van der Waals surface area contributed by atoms with Crippen molar-refractivity contribution in [3.63, 3.8) is 0 Å². The van der Waals surface area contributed by atoms with Crippen molar-refractivity contribution < 1.29 is 19.8 Å². The number of aliphatic carboxylic acids is 2. The zero-order valence-corrected chi connectivity index (χ0v) is 13.2. The second-order valence-corrected chi connectivity index (χ2v) is 6.42. The second kappa shape index (κ2) is 7.62. The number of rotatable bonds is 9. The van der Waals surface area contributed by atoms with Gasteiger partial charge in [0.2, 0.25) is 0 Å². The molecule has 1 rings (SSSR count). The first-order valence-corrected chi connectivity index (χ1v) is 8.02. The summed E-state index contributed by atoms with van der Waals surface area (Å²) >= 11 is 0. The predicted octanol–water partition coefficient (Wildman–Crippen LogP) is 4.25. The molecule has 0 aromatic carbocycles. The second-order valence-electron chi connectivity index (χ2n) is 6.42. The van der Waals surface area contributed by atoms with Gasteiger partial charge < -0.3 is 10.2 Å². The van der Waals surface area contributed by atoms with Gasteiger partial charge in [0.25, 0.3) is 0 Å². The molecule has 1 aliphatic rings. The van der Waals surface area contributed by atoms with Crippen LogP contribution in [0.1, 0.15) is 71.6 Å². The molecule has 0 aromatic heterocycles. The lowest BCUT2D eigenvalue weighted by atomic mass is 9.56. The fourth-order valence-corrected chi connectivity index (χ4v) is 3.33. The Hall–Kier alpha value is -1.32. The van der Waals surface area contributed by atoms with Crippen molar-refractivity contribution in [2.24, 2.45) is 10.8 Å². The molecule has 1 aliphatic carbocycles. The van der Waals surface area contributed by atoms with Crippen LogP contribution in [0.2, 0.25) is 0 Å². The van der Waals surface area contributed by atoms with Crippen molar-refractivity contribution in [2.45, 2.75) is 71.6 Å². The van der Waals surface area contributed by atoms with E-state index < -0.39 is 22.8 Å². The quantitative estimate of drug-likeness (QED) is 0.492. The molecule has 120 valence electrons. The number of carboxylic acids is 2. The molecular formula is C17H28O4. The minimum Gasteiger partial charge on any atom is -0.481 e. The lowest BCUT2D eigenvalue weighted by Crippen LogP contribution is -2.51. The Labute approximate surface area is 127 Å². The van der Waals surface area contributed by atoms with Crippen molar-refractivity contribution in [1.29, 1.82) is 0 Å². The molecule has 0 spiro atoms. The van der Waals surface area contributed by atoms with E-state index in [9.17, 15) is 19.8 Å². The molecule has 2 atom stereocenters. The van der Waals surface area contributed by atoms with E-state index in [2.05, 4.69) is 6.92 Å². The summed E-state index contributed by atoms with van der Waals surface area (Å²) in [5.74, 6) is -1.97. The fourth-order valence-electron chi connectivity index (χ4n) is 3.33. The van der Waals surface area contributed by atoms with Gasteiger partial charge in [0.05, 0.1) is 10.8 Å². The summed E-state index contributed by atoms with van der Waals surface area (Å²) in [7, 11) is 0. The molecule has 21 heavy (non-hydrogen) atoms. The molecule has 2 N–H and O–H groups in total. The minimum atomic E-state index is -1.21. The smallest absolute Gasteiger partial charge is 0.311 e. The van der Waals surface area contributed by atoms with Crippen LogP contribution in [-0.4, -0.2) is 22.2 Å². The summed E-state index contributed by atoms with van der Waals surface area (Å²) in [4.78, 5) is 23.5. The van der Waals surface area contributed by atoms with Gasteiger partial charge in [-0.15, -0.1) is 0 Å². The number of allylic oxidation sites excluding steroid dienone is 2. The van der Waals surface area contributed by atoms with Crippen molar-refractivity contribution in [2.75, 3.05) is 0 Å². The Kier molecular flexibility index (Phi) is 6.43. The fraction of sp³-hybridized carbons (Fsp3) is 0.765. The van der Waals surface area contributed by atoms with E-state index in [1.807, 2.05) is 6.08 Å². The third-order valence-electron chi connectivity index (χ3n) is 5.05. The summed E-state index contributed by atoms with van der Waals surface area (Å²) in [6, 6.07) is 0. The maximum absolute atomic E-state index is 11.9. The lowest BCUT2D eigenvalue weighted by molar-refractivity contribution is -0.174. The molecule has 4 nitrogen and oxygen atoms in total. The Bertz CT molecular complexity index is 402. The molecule has 0 radical (unpaired) electrons. The summed E-state index contributed by atoms with van der Waals surface area (Å²) < 4.78 is 0. The first-order chi connectivity index (χ1) is 9.90. The van der Waals surface area contributed by atoms with E-state index >= 15 is 0 Å². The molecule has 0 fully saturated rings. The first kappa shape index (κ1) is 17.7. The molecule has 4 heteroatoms. The van der Waals surface area contributed by atoms with Crippen LogP contribution >= 0.6 is 0 Å². The zero-order valence-electron chi connectivity index (χ0n) is 13.2. The Morgan fingerprint density at radius 3 is 2.10 bits per heavy atom. The monoisotopic (exact) mass is 296 g/mol. The van der Waals surface area contributed by atoms with Gasteiger partial charge in [-0.25, -0.2) is 0 Å². The molecule has 0 aliphatic heterocycles. The molecule has 0 saturated heterocycles. The van der Waals surface area contributed by atoms with Gasteiger partial charge in [0.1, 0.15) is 0 Å². The maximum atomic E-state index is 11.9. The van der Waals surface area contributed by atoms with E-state index in [0.717, 1.165) is 19.3 Å². The third-order valence-corrected chi connectivity index (χ3v) is 5.05. The normalized spacial score (nSPS) is 28.5. The van der Waals surface area contributed by atoms with Gasteiger partial charge in [0.15, 0.2) is 0 Å². The van der Waals surface area contributed by atoms with Crippen molar-refractivity contribution in [3.8, 4) is 0 Å². The van der Waals surface area contributed by atoms with Crippen LogP contribution in [0.3, 0.4) is 0 Å². The van der Waals surface area contributed by atoms with E-state index in [4.69, 9.17) is 0 Å². The standard InChI is InChI=1S/C17H28O4/c1-3-4-5-6-7-8-12-17(15(20)21)13-10-9-11-16(17,2)14(18)19/h9-10H,3-8,11-13H2,1-2H3,(H,18,19)(H,20,21). The predicted molar refractivity (Wildman–Crippen MR) is 82.2 cm³/mol. The molecule has 0 heterocycles. The van der Waals surface area contributed by atoms with Crippen LogP contribution in [0, 0.1) is 10.8 Å². The summed E-state index contributed by atoms with van der Waals surface area (Å²) in [5.41, 5.74) is -2.38. The topological polar surface area (TPSA) is 74.6 Å². The van der Waals surface area contributed by atoms with Gasteiger partial charge in [-0.05, 0) is 26.2 Å². The summed E-state index contributed by atoms with van der Waals surface area (Å²) in [6.07, 6.45) is 11.1. The minimum absolute atomic E-state index is 0.296. The van der Waals surface area contributed by atoms with E-state index in [0.29, 0.717) is 19.3 Å². The average molecular weight is 296 g/mol. The molecule has 2 unspecified atom stereocenters. The zero-order chi connectivity index (χ0) is 15.9. The highest BCUT2D eigenvalue weighted by atomic mass is 16.4. The Balaban J connectivity index is 2.75. The van der Waals surface area contributed by atoms with Gasteiger partial charge in [0, 0.05) is 0 Å². The average Bonchev–Trinajstić information content (AvgIpc) is 2.44. The molecular weight excluding hydrogens is 268 g/mol. The van der Waals surface area contributed by atoms with Crippen LogP contribution in [0.5, 0.6) is 0 Å². The number of carboxylic acid groups (broad SMARTS) is 2. The van der Waals surface area contributed by atoms with Crippen molar-refractivity contribution in [1.82, 2.24) is 0 Å². The van der Waals surface area contributed by atoms with Gasteiger partial charge in [-0.2, -0.15) is 0 Å². The van der Waals surface area contributed by atoms with E-state index in [1.165, 1.54) is 19.3 Å². The van der Waals surface area contributed by atoms with Crippen LogP contribution < -0.4 is 0 Å². The molecule has 0 saturated carbocycles. The van der Waals surface area contributed by atoms with Crippen molar-refractivity contribution >= 4 is 11.9 Å². The molecule has 0 bridgehead atoms. The van der Waals surface area contributed by atoms with Gasteiger partial charge in [-0.3, -0.25) is 9.59 Å². The van der Waals surface area contributed by atoms with Gasteiger partial charge in [-0.1, -0.05) is 57.6 Å². The Morgan fingerprint density at radius 1 is 0.952 bits per heavy atom. The summed E-state index contributed by atoms with van der Waals surface area (Å²) in [6.45, 7) is 3.75.